The number of methoxy groups -OCH3 is 4. The standard InChI is InChI=1S/C46H50N2O4P2.C10H14.2ClH.Ru/c1-27-13-28(2)18-35(17-27)53(36-19-29(3)14-30(4)20-36)39-25-41(49-9)47-45(51-11)43(39)44-40(26-42(50-10)48-46(44)52-12)54(37-21-31(5)15-32(6)22-37)38-23-33(7)16-34(8)24-38;1-8(2)10-6-4-9(3)5-7-10;;;/h13-26H,1-12H3;4-8H,1-3H3;2*1H;/q;;;;+2/p-2. The van der Waals surface area contributed by atoms with Crippen molar-refractivity contribution in [3.63, 3.8) is 0 Å². The van der Waals surface area contributed by atoms with E-state index in [0.717, 1.165) is 21.7 Å². The second-order valence-corrected chi connectivity index (χ2v) is 21.6. The molecule has 0 aliphatic rings. The van der Waals surface area contributed by atoms with E-state index in [1.807, 2.05) is 17.3 Å². The third-order valence-corrected chi connectivity index (χ3v) is 15.8. The van der Waals surface area contributed by atoms with Gasteiger partial charge in [0.05, 0.1) is 39.6 Å². The summed E-state index contributed by atoms with van der Waals surface area (Å²) in [5, 5.41) is 6.94. The van der Waals surface area contributed by atoms with Gasteiger partial charge in [-0.25, -0.2) is 0 Å². The summed E-state index contributed by atoms with van der Waals surface area (Å²) >= 11 is 1.82. The molecule has 0 unspecified atom stereocenters. The summed E-state index contributed by atoms with van der Waals surface area (Å²) in [6, 6.07) is 40.2. The van der Waals surface area contributed by atoms with Gasteiger partial charge in [0.25, 0.3) is 0 Å². The fourth-order valence-corrected chi connectivity index (χ4v) is 14.1. The van der Waals surface area contributed by atoms with Crippen molar-refractivity contribution >= 4 is 57.4 Å². The average molecular weight is 1060 g/mol. The molecule has 2 heterocycles. The molecule has 0 amide bonds. The molecule has 0 radical (unpaired) electrons. The minimum atomic E-state index is -1.20. The summed E-state index contributed by atoms with van der Waals surface area (Å²) < 4.78 is 24.4. The second kappa shape index (κ2) is 25.3. The molecule has 0 saturated heterocycles. The molecule has 0 aliphatic carbocycles. The van der Waals surface area contributed by atoms with Crippen molar-refractivity contribution in [2.24, 2.45) is 0 Å². The van der Waals surface area contributed by atoms with Crippen LogP contribution in [0.5, 0.6) is 23.5 Å². The molecule has 0 N–H and O–H groups in total. The van der Waals surface area contributed by atoms with Crippen LogP contribution in [0, 0.1) is 62.3 Å². The van der Waals surface area contributed by atoms with Crippen LogP contribution in [0.25, 0.3) is 11.1 Å². The Bertz CT molecular complexity index is 2440. The first-order valence-electron chi connectivity index (χ1n) is 21.9. The van der Waals surface area contributed by atoms with Gasteiger partial charge in [-0.05, 0) is 111 Å². The van der Waals surface area contributed by atoms with Crippen LogP contribution in [-0.2, 0) is 17.3 Å². The van der Waals surface area contributed by atoms with Crippen LogP contribution in [0.3, 0.4) is 0 Å². The number of aromatic nitrogens is 2. The van der Waals surface area contributed by atoms with Crippen LogP contribution in [-0.4, -0.2) is 38.4 Å². The fraction of sp³-hybridized carbons (Fsp3) is 0.286. The number of ether oxygens (including phenoxy) is 4. The van der Waals surface area contributed by atoms with E-state index in [0.29, 0.717) is 29.4 Å². The van der Waals surface area contributed by atoms with Crippen molar-refractivity contribution in [1.29, 1.82) is 0 Å². The Hall–Kier alpha value is -4.34. The van der Waals surface area contributed by atoms with Crippen LogP contribution in [0.2, 0.25) is 0 Å². The average Bonchev–Trinajstić information content (AvgIpc) is 3.26. The van der Waals surface area contributed by atoms with Crippen molar-refractivity contribution < 1.29 is 48.7 Å². The summed E-state index contributed by atoms with van der Waals surface area (Å²) in [4.78, 5) is 9.93. The van der Waals surface area contributed by atoms with Gasteiger partial charge in [-0.15, -0.1) is 0 Å². The molecular formula is C56H64Cl2N2O4P2Ru. The summed E-state index contributed by atoms with van der Waals surface area (Å²) in [7, 11) is 8.83. The molecule has 6 nitrogen and oxygen atoms in total. The van der Waals surface area contributed by atoms with Crippen LogP contribution in [0.4, 0.5) is 0 Å². The number of halogens is 2. The van der Waals surface area contributed by atoms with Gasteiger partial charge in [-0.1, -0.05) is 161 Å². The van der Waals surface area contributed by atoms with Crippen molar-refractivity contribution in [1.82, 2.24) is 9.97 Å². The first-order chi connectivity index (χ1) is 31.5. The Morgan fingerprint density at radius 2 is 0.672 bits per heavy atom. The predicted molar refractivity (Wildman–Crippen MR) is 280 cm³/mol. The second-order valence-electron chi connectivity index (χ2n) is 17.3. The van der Waals surface area contributed by atoms with Gasteiger partial charge in [0.15, 0.2) is 0 Å². The van der Waals surface area contributed by atoms with E-state index in [4.69, 9.17) is 28.9 Å². The number of hydrogen-bond donors (Lipinski definition) is 0. The zero-order chi connectivity index (χ0) is 48.4. The number of nitrogens with zero attached hydrogens (tertiary/aromatic N) is 2. The third-order valence-electron chi connectivity index (χ3n) is 11.0. The molecule has 11 heteroatoms. The normalized spacial score (nSPS) is 10.7. The fourth-order valence-electron chi connectivity index (χ4n) is 8.43. The molecule has 0 spiro atoms. The van der Waals surface area contributed by atoms with Crippen LogP contribution in [0.1, 0.15) is 75.4 Å². The van der Waals surface area contributed by atoms with Crippen LogP contribution < -0.4 is 63.2 Å². The van der Waals surface area contributed by atoms with Crippen LogP contribution >= 0.6 is 25.5 Å². The zero-order valence-corrected chi connectivity index (χ0v) is 46.5. The Labute approximate surface area is 423 Å². The molecule has 0 bridgehead atoms. The number of rotatable bonds is 12. The Kier molecular flexibility index (Phi) is 20.9. The van der Waals surface area contributed by atoms with E-state index >= 15 is 0 Å². The minimum absolute atomic E-state index is 0. The zero-order valence-electron chi connectivity index (χ0n) is 41.5. The molecule has 354 valence electrons. The molecule has 7 aromatic rings. The summed E-state index contributed by atoms with van der Waals surface area (Å²) in [5.41, 5.74) is 14.0. The Morgan fingerprint density at radius 1 is 0.403 bits per heavy atom. The number of pyridine rings is 2. The van der Waals surface area contributed by atoms with Crippen molar-refractivity contribution in [2.75, 3.05) is 28.4 Å². The summed E-state index contributed by atoms with van der Waals surface area (Å²) in [6.45, 7) is 23.8. The van der Waals surface area contributed by atoms with Gasteiger partial charge in [-0.3, -0.25) is 0 Å². The summed E-state index contributed by atoms with van der Waals surface area (Å²) in [6.07, 6.45) is 0. The van der Waals surface area contributed by atoms with Gasteiger partial charge in [-0.2, -0.15) is 9.97 Å². The van der Waals surface area contributed by atoms with Gasteiger partial charge < -0.3 is 31.4 Å². The van der Waals surface area contributed by atoms with E-state index < -0.39 is 15.8 Å². The van der Waals surface area contributed by atoms with Crippen LogP contribution in [0.15, 0.2) is 109 Å². The number of hydrogen-bond acceptors (Lipinski definition) is 6. The van der Waals surface area contributed by atoms with Gasteiger partial charge in [0.1, 0.15) is 0 Å². The quantitative estimate of drug-likeness (QED) is 0.0901. The maximum absolute atomic E-state index is 6.29. The monoisotopic (exact) mass is 1060 g/mol. The Morgan fingerprint density at radius 3 is 0.896 bits per heavy atom. The van der Waals surface area contributed by atoms with E-state index in [2.05, 4.69) is 195 Å². The number of aryl methyl sites for hydroxylation is 9. The first kappa shape index (κ1) is 55.3. The Balaban J connectivity index is 0.000000662. The molecule has 0 atom stereocenters. The maximum atomic E-state index is 6.29. The first-order valence-corrected chi connectivity index (χ1v) is 26.8. The molecule has 2 aromatic heterocycles. The van der Waals surface area contributed by atoms with Crippen molar-refractivity contribution in [2.45, 2.75) is 82.1 Å². The van der Waals surface area contributed by atoms with E-state index in [1.165, 1.54) is 76.9 Å². The van der Waals surface area contributed by atoms with Gasteiger partial charge in [0.2, 0.25) is 23.5 Å². The van der Waals surface area contributed by atoms with Gasteiger partial charge >= 0.3 is 27.0 Å². The molecule has 7 rings (SSSR count). The van der Waals surface area contributed by atoms with E-state index in [1.54, 1.807) is 28.4 Å². The third kappa shape index (κ3) is 13.9. The molecule has 67 heavy (non-hydrogen) atoms. The number of benzene rings is 5. The van der Waals surface area contributed by atoms with Crippen molar-refractivity contribution in [3.8, 4) is 34.6 Å². The topological polar surface area (TPSA) is 62.7 Å². The molecule has 0 aliphatic heterocycles. The SMILES string of the molecule is COc1cc(P(c2cc(C)cc(C)c2)c2cc(C)cc(C)c2)c(-c2c(P(c3cc(C)cc(C)c3)c3cc(C)cc(C)c3)cc(OC)nc2OC)c(OC)n1.Cc1ccc(C(C)C)cc1.[Cl-].[Cl][Ru+]. The van der Waals surface area contributed by atoms with E-state index in [9.17, 15) is 0 Å². The molecule has 5 aromatic carbocycles. The predicted octanol–water partition coefficient (Wildman–Crippen LogP) is 8.97. The summed E-state index contributed by atoms with van der Waals surface area (Å²) in [5.74, 6) is 2.47. The molecular weight excluding hydrogens is 999 g/mol. The van der Waals surface area contributed by atoms with E-state index in [-0.39, 0.29) is 12.4 Å². The van der Waals surface area contributed by atoms with Crippen molar-refractivity contribution in [3.05, 3.63) is 165 Å². The van der Waals surface area contributed by atoms with Gasteiger partial charge in [0, 0.05) is 22.7 Å². The molecule has 0 saturated carbocycles. The molecule has 0 fully saturated rings.